The predicted molar refractivity (Wildman–Crippen MR) is 98.8 cm³/mol. The average molecular weight is 458 g/mol. The van der Waals surface area contributed by atoms with E-state index in [0.717, 1.165) is 0 Å². The van der Waals surface area contributed by atoms with Crippen LogP contribution in [0.3, 0.4) is 0 Å². The van der Waals surface area contributed by atoms with E-state index < -0.39 is 8.07 Å². The minimum absolute atomic E-state index is 0. The van der Waals surface area contributed by atoms with E-state index >= 15 is 0 Å². The van der Waals surface area contributed by atoms with Gasteiger partial charge in [0, 0.05) is 8.07 Å². The normalized spacial score (nSPS) is 10.0. The van der Waals surface area contributed by atoms with E-state index in [0.29, 0.717) is 5.92 Å². The second-order valence-corrected chi connectivity index (χ2v) is 12.0. The summed E-state index contributed by atoms with van der Waals surface area (Å²) in [6, 6.07) is 28.7. The molecule has 0 fully saturated rings. The topological polar surface area (TPSA) is 0 Å². The van der Waals surface area contributed by atoms with Crippen LogP contribution in [0.5, 0.6) is 0 Å². The number of hydrogen-bond acceptors (Lipinski definition) is 0. The third-order valence-electron chi connectivity index (χ3n) is 4.24. The van der Waals surface area contributed by atoms with Crippen LogP contribution in [0.2, 0.25) is 19.6 Å². The monoisotopic (exact) mass is 456 g/mol. The van der Waals surface area contributed by atoms with E-state index in [1.165, 1.54) is 16.7 Å². The molecule has 0 heterocycles. The van der Waals surface area contributed by atoms with Crippen molar-refractivity contribution in [3.8, 4) is 0 Å². The average Bonchev–Trinajstić information content (AvgIpc) is 2.99. The summed E-state index contributed by atoms with van der Waals surface area (Å²) in [5, 5.41) is 1.54. The molecule has 0 spiro atoms. The zero-order valence-electron chi connectivity index (χ0n) is 15.2. The largest absolute Gasteiger partial charge is 4.00 e. The Morgan fingerprint density at radius 3 is 1.46 bits per heavy atom. The van der Waals surface area contributed by atoms with Gasteiger partial charge in [-0.15, -0.1) is 5.56 Å². The van der Waals surface area contributed by atoms with Gasteiger partial charge in [-0.05, 0) is 17.0 Å². The van der Waals surface area contributed by atoms with Crippen molar-refractivity contribution in [2.75, 3.05) is 0 Å². The van der Waals surface area contributed by atoms with Crippen LogP contribution in [0, 0.1) is 0 Å². The Kier molecular flexibility index (Phi) is 13.0. The zero-order chi connectivity index (χ0) is 15.6. The first-order valence-electron chi connectivity index (χ1n) is 7.93. The van der Waals surface area contributed by atoms with E-state index in [4.69, 9.17) is 0 Å². The molecule has 0 aliphatic heterocycles. The minimum Gasteiger partial charge on any atom is -1.00 e. The second kappa shape index (κ2) is 12.1. The third kappa shape index (κ3) is 6.64. The van der Waals surface area contributed by atoms with E-state index in [1.54, 1.807) is 5.19 Å². The Hall–Kier alpha value is -0.409. The molecule has 3 aromatic carbocycles. The predicted octanol–water partition coefficient (Wildman–Crippen LogP) is -3.86. The van der Waals surface area contributed by atoms with Crippen LogP contribution in [0.25, 0.3) is 0 Å². The fourth-order valence-corrected chi connectivity index (χ4v) is 4.16. The molecule has 5 heteroatoms. The molecular formula is C21H23Cl3SiTi. The fraction of sp³-hybridized carbons (Fsp3) is 0.190. The van der Waals surface area contributed by atoms with Crippen LogP contribution < -0.4 is 42.4 Å². The van der Waals surface area contributed by atoms with Crippen molar-refractivity contribution in [1.29, 1.82) is 0 Å². The molecule has 0 saturated carbocycles. The van der Waals surface area contributed by atoms with Crippen LogP contribution in [0.15, 0.2) is 78.9 Å². The number of halogens is 3. The number of benzene rings is 2. The summed E-state index contributed by atoms with van der Waals surface area (Å²) in [5.41, 5.74) is 4.14. The van der Waals surface area contributed by atoms with Gasteiger partial charge in [-0.3, -0.25) is 0 Å². The summed E-state index contributed by atoms with van der Waals surface area (Å²) in [7, 11) is -1.26. The first-order chi connectivity index (χ1) is 10.6. The summed E-state index contributed by atoms with van der Waals surface area (Å²) in [6.45, 7) is 7.23. The van der Waals surface area contributed by atoms with Crippen LogP contribution in [0.4, 0.5) is 0 Å². The number of hydrogen-bond donors (Lipinski definition) is 0. The molecule has 0 amide bonds. The molecule has 0 atom stereocenters. The van der Waals surface area contributed by atoms with Crippen molar-refractivity contribution in [2.24, 2.45) is 0 Å². The molecule has 136 valence electrons. The Bertz CT molecular complexity index is 697. The quantitative estimate of drug-likeness (QED) is 0.278. The van der Waals surface area contributed by atoms with Crippen LogP contribution in [-0.4, -0.2) is 8.07 Å². The standard InChI is InChI=1S/C21H23Si.3ClH.Ti/c1-22(2,3)20-15-14-19(16-20)21(17-10-6-4-7-11-17)18-12-8-5-9-13-18;;;;/h4-16,21H,1-3H3;3*1H;/q-1;;;;+4/p-3. The Morgan fingerprint density at radius 2 is 1.12 bits per heavy atom. The Balaban J connectivity index is 0. The Morgan fingerprint density at radius 1 is 0.692 bits per heavy atom. The molecule has 0 aliphatic rings. The minimum atomic E-state index is -1.26. The van der Waals surface area contributed by atoms with Gasteiger partial charge in [-0.2, -0.15) is 12.1 Å². The van der Waals surface area contributed by atoms with Gasteiger partial charge in [0.15, 0.2) is 0 Å². The van der Waals surface area contributed by atoms with Crippen LogP contribution >= 0.6 is 0 Å². The maximum atomic E-state index is 2.43. The number of rotatable bonds is 4. The van der Waals surface area contributed by atoms with E-state index in [2.05, 4.69) is 98.5 Å². The summed E-state index contributed by atoms with van der Waals surface area (Å²) < 4.78 is 0. The zero-order valence-corrected chi connectivity index (χ0v) is 20.0. The van der Waals surface area contributed by atoms with Crippen molar-refractivity contribution in [3.63, 3.8) is 0 Å². The molecule has 0 aliphatic carbocycles. The Labute approximate surface area is 192 Å². The van der Waals surface area contributed by atoms with E-state index in [9.17, 15) is 0 Å². The molecule has 3 aromatic rings. The van der Waals surface area contributed by atoms with Crippen LogP contribution in [0.1, 0.15) is 22.6 Å². The molecule has 0 unspecified atom stereocenters. The molecule has 26 heavy (non-hydrogen) atoms. The van der Waals surface area contributed by atoms with Gasteiger partial charge in [-0.25, -0.2) is 11.3 Å². The maximum absolute atomic E-state index is 2.43. The molecule has 0 bridgehead atoms. The second-order valence-electron chi connectivity index (χ2n) is 6.94. The molecular weight excluding hydrogens is 435 g/mol. The van der Waals surface area contributed by atoms with Gasteiger partial charge in [0.2, 0.25) is 0 Å². The summed E-state index contributed by atoms with van der Waals surface area (Å²) >= 11 is 0. The van der Waals surface area contributed by atoms with Crippen molar-refractivity contribution >= 4 is 13.3 Å². The van der Waals surface area contributed by atoms with Crippen molar-refractivity contribution in [2.45, 2.75) is 25.6 Å². The van der Waals surface area contributed by atoms with Gasteiger partial charge in [-0.1, -0.05) is 80.3 Å². The SMILES string of the molecule is C[Si](C)(C)c1cc[c-](C(c2ccccc2)c2ccccc2)c1.[Cl-].[Cl-].[Cl-].[Ti+4]. The van der Waals surface area contributed by atoms with Crippen LogP contribution in [-0.2, 0) is 21.7 Å². The van der Waals surface area contributed by atoms with Crippen molar-refractivity contribution < 1.29 is 58.9 Å². The molecule has 0 N–H and O–H groups in total. The molecule has 3 rings (SSSR count). The van der Waals surface area contributed by atoms with E-state index in [-0.39, 0.29) is 58.9 Å². The third-order valence-corrected chi connectivity index (χ3v) is 6.29. The smallest absolute Gasteiger partial charge is 1.00 e. The van der Waals surface area contributed by atoms with Gasteiger partial charge >= 0.3 is 21.7 Å². The molecule has 0 nitrogen and oxygen atoms in total. The first-order valence-corrected chi connectivity index (χ1v) is 11.4. The van der Waals surface area contributed by atoms with Gasteiger partial charge in [0.25, 0.3) is 0 Å². The maximum Gasteiger partial charge on any atom is 4.00 e. The fourth-order valence-electron chi connectivity index (χ4n) is 2.98. The summed E-state index contributed by atoms with van der Waals surface area (Å²) in [4.78, 5) is 0. The van der Waals surface area contributed by atoms with Crippen molar-refractivity contribution in [1.82, 2.24) is 0 Å². The van der Waals surface area contributed by atoms with Gasteiger partial charge in [0.1, 0.15) is 0 Å². The molecule has 0 saturated heterocycles. The molecule has 0 radical (unpaired) electrons. The van der Waals surface area contributed by atoms with Gasteiger partial charge in [0.05, 0.1) is 0 Å². The summed E-state index contributed by atoms with van der Waals surface area (Å²) in [5.74, 6) is 0.326. The molecule has 0 aromatic heterocycles. The summed E-state index contributed by atoms with van der Waals surface area (Å²) in [6.07, 6.45) is 0. The van der Waals surface area contributed by atoms with Gasteiger partial charge < -0.3 is 37.2 Å². The van der Waals surface area contributed by atoms with Crippen molar-refractivity contribution in [3.05, 3.63) is 95.6 Å². The first kappa shape index (κ1) is 27.8. The van der Waals surface area contributed by atoms with E-state index in [1.807, 2.05) is 0 Å².